The molecule has 0 saturated heterocycles. The zero-order valence-electron chi connectivity index (χ0n) is 15.5. The Morgan fingerprint density at radius 3 is 2.48 bits per heavy atom. The van der Waals surface area contributed by atoms with E-state index in [0.29, 0.717) is 28.0 Å². The molecule has 1 heterocycles. The van der Waals surface area contributed by atoms with Crippen molar-refractivity contribution in [3.8, 4) is 0 Å². The second-order valence-corrected chi connectivity index (χ2v) is 6.99. The lowest BCUT2D eigenvalue weighted by atomic mass is 10.1. The van der Waals surface area contributed by atoms with Crippen molar-refractivity contribution >= 4 is 40.1 Å². The first-order chi connectivity index (χ1) is 12.8. The van der Waals surface area contributed by atoms with Gasteiger partial charge in [0, 0.05) is 33.7 Å². The van der Waals surface area contributed by atoms with Crippen molar-refractivity contribution in [2.45, 2.75) is 27.2 Å². The van der Waals surface area contributed by atoms with E-state index in [1.807, 2.05) is 39.0 Å². The number of carbonyl (C=O) groups is 2. The number of carboxylic acid groups (broad SMARTS) is 1. The number of nitrogens with one attached hydrogen (secondary N) is 1. The summed E-state index contributed by atoms with van der Waals surface area (Å²) in [5.74, 6) is -1.26. The molecule has 0 spiro atoms. The first kappa shape index (κ1) is 19.0. The molecule has 0 unspecified atom stereocenters. The molecule has 0 atom stereocenters. The van der Waals surface area contributed by atoms with Crippen LogP contribution < -0.4 is 4.90 Å². The highest BCUT2D eigenvalue weighted by Crippen LogP contribution is 2.28. The van der Waals surface area contributed by atoms with Crippen LogP contribution in [0.25, 0.3) is 10.9 Å². The van der Waals surface area contributed by atoms with Crippen molar-refractivity contribution < 1.29 is 14.7 Å². The lowest BCUT2D eigenvalue weighted by Crippen LogP contribution is -2.32. The average Bonchev–Trinajstić information content (AvgIpc) is 2.97. The van der Waals surface area contributed by atoms with Crippen LogP contribution in [0.3, 0.4) is 0 Å². The van der Waals surface area contributed by atoms with E-state index in [2.05, 4.69) is 4.98 Å². The van der Waals surface area contributed by atoms with Gasteiger partial charge in [-0.3, -0.25) is 4.79 Å². The predicted octanol–water partition coefficient (Wildman–Crippen LogP) is 4.73. The number of rotatable bonds is 5. The van der Waals surface area contributed by atoms with Gasteiger partial charge in [0.1, 0.15) is 5.69 Å². The van der Waals surface area contributed by atoms with Crippen LogP contribution in [0.1, 0.15) is 34.1 Å². The number of aromatic nitrogens is 1. The number of anilines is 1. The number of nitrogens with zero attached hydrogens (tertiary/aromatic N) is 1. The molecule has 0 radical (unpaired) electrons. The average molecular weight is 385 g/mol. The van der Waals surface area contributed by atoms with Gasteiger partial charge >= 0.3 is 5.97 Å². The second kappa shape index (κ2) is 7.45. The number of likely N-dealkylation sites (N-methyl/N-ethyl adjacent to an activating group) is 1. The predicted molar refractivity (Wildman–Crippen MR) is 108 cm³/mol. The third kappa shape index (κ3) is 3.69. The van der Waals surface area contributed by atoms with Gasteiger partial charge in [0.15, 0.2) is 0 Å². The first-order valence-corrected chi connectivity index (χ1v) is 9.10. The molecule has 0 aliphatic carbocycles. The zero-order chi connectivity index (χ0) is 19.7. The summed E-state index contributed by atoms with van der Waals surface area (Å²) in [4.78, 5) is 29.2. The molecule has 6 heteroatoms. The van der Waals surface area contributed by atoms with Gasteiger partial charge in [-0.1, -0.05) is 17.7 Å². The fraction of sp³-hybridized carbons (Fsp3) is 0.238. The van der Waals surface area contributed by atoms with E-state index < -0.39 is 5.97 Å². The maximum atomic E-state index is 13.0. The van der Waals surface area contributed by atoms with Gasteiger partial charge in [-0.05, 0) is 62.2 Å². The van der Waals surface area contributed by atoms with Gasteiger partial charge in [0.25, 0.3) is 0 Å². The third-order valence-electron chi connectivity index (χ3n) is 4.83. The molecule has 1 amide bonds. The summed E-state index contributed by atoms with van der Waals surface area (Å²) < 4.78 is 0. The lowest BCUT2D eigenvalue weighted by Gasteiger charge is -2.22. The number of fused-ring (bicyclic) bond motifs is 1. The zero-order valence-corrected chi connectivity index (χ0v) is 16.2. The Hall–Kier alpha value is -2.79. The number of aromatic carboxylic acids is 1. The number of aryl methyl sites for hydroxylation is 2. The number of benzene rings is 2. The standard InChI is InChI=1S/C21H21ClN2O3/c1-4-24(15-7-5-12(2)13(3)9-15)19(25)11-17-16-10-14(22)6-8-18(16)23-20(17)21(26)27/h5-10,23H,4,11H2,1-3H3,(H,26,27). The van der Waals surface area contributed by atoms with Crippen molar-refractivity contribution in [1.82, 2.24) is 4.98 Å². The van der Waals surface area contributed by atoms with E-state index in [4.69, 9.17) is 11.6 Å². The molecule has 2 aromatic carbocycles. The summed E-state index contributed by atoms with van der Waals surface area (Å²) in [5.41, 5.74) is 4.18. The van der Waals surface area contributed by atoms with Gasteiger partial charge in [-0.2, -0.15) is 0 Å². The van der Waals surface area contributed by atoms with Crippen LogP contribution in [0.2, 0.25) is 5.02 Å². The van der Waals surface area contributed by atoms with Crippen LogP contribution in [0.4, 0.5) is 5.69 Å². The highest BCUT2D eigenvalue weighted by atomic mass is 35.5. The number of amides is 1. The van der Waals surface area contributed by atoms with Gasteiger partial charge in [-0.25, -0.2) is 4.79 Å². The van der Waals surface area contributed by atoms with Crippen molar-refractivity contribution in [3.05, 3.63) is 63.8 Å². The van der Waals surface area contributed by atoms with Gasteiger partial charge in [0.2, 0.25) is 5.91 Å². The van der Waals surface area contributed by atoms with E-state index in [9.17, 15) is 14.7 Å². The van der Waals surface area contributed by atoms with Crippen LogP contribution in [0.5, 0.6) is 0 Å². The molecule has 140 valence electrons. The molecule has 2 N–H and O–H groups in total. The minimum absolute atomic E-state index is 0.0248. The van der Waals surface area contributed by atoms with Crippen LogP contribution in [-0.2, 0) is 11.2 Å². The Bertz CT molecular complexity index is 1040. The fourth-order valence-corrected chi connectivity index (χ4v) is 3.40. The van der Waals surface area contributed by atoms with E-state index >= 15 is 0 Å². The molecule has 3 rings (SSSR count). The highest BCUT2D eigenvalue weighted by molar-refractivity contribution is 6.31. The summed E-state index contributed by atoms with van der Waals surface area (Å²) in [6.45, 7) is 6.41. The molecule has 0 aliphatic heterocycles. The third-order valence-corrected chi connectivity index (χ3v) is 5.06. The van der Waals surface area contributed by atoms with Crippen LogP contribution >= 0.6 is 11.6 Å². The lowest BCUT2D eigenvalue weighted by molar-refractivity contribution is -0.117. The molecular weight excluding hydrogens is 364 g/mol. The molecular formula is C21H21ClN2O3. The van der Waals surface area contributed by atoms with E-state index in [-0.39, 0.29) is 18.0 Å². The molecule has 1 aromatic heterocycles. The number of H-pyrrole nitrogens is 1. The summed E-state index contributed by atoms with van der Waals surface area (Å²) in [5, 5.41) is 10.7. The molecule has 27 heavy (non-hydrogen) atoms. The normalized spacial score (nSPS) is 11.0. The number of hydrogen-bond acceptors (Lipinski definition) is 2. The Morgan fingerprint density at radius 2 is 1.85 bits per heavy atom. The Balaban J connectivity index is 2.01. The van der Waals surface area contributed by atoms with Gasteiger partial charge in [0.05, 0.1) is 6.42 Å². The summed E-state index contributed by atoms with van der Waals surface area (Å²) in [6.07, 6.45) is -0.0251. The maximum Gasteiger partial charge on any atom is 0.352 e. The van der Waals surface area contributed by atoms with Crippen LogP contribution in [0.15, 0.2) is 36.4 Å². The number of hydrogen-bond donors (Lipinski definition) is 2. The quantitative estimate of drug-likeness (QED) is 0.667. The number of halogens is 1. The summed E-state index contributed by atoms with van der Waals surface area (Å²) >= 11 is 6.08. The van der Waals surface area contributed by atoms with Crippen molar-refractivity contribution in [3.63, 3.8) is 0 Å². The molecule has 3 aromatic rings. The van der Waals surface area contributed by atoms with Crippen molar-refractivity contribution in [1.29, 1.82) is 0 Å². The van der Waals surface area contributed by atoms with Crippen molar-refractivity contribution in [2.75, 3.05) is 11.4 Å². The highest BCUT2D eigenvalue weighted by Gasteiger charge is 2.23. The first-order valence-electron chi connectivity index (χ1n) is 8.72. The number of carbonyl (C=O) groups excluding carboxylic acids is 1. The minimum Gasteiger partial charge on any atom is -0.477 e. The number of carboxylic acids is 1. The second-order valence-electron chi connectivity index (χ2n) is 6.56. The molecule has 0 aliphatic rings. The van der Waals surface area contributed by atoms with E-state index in [1.165, 1.54) is 0 Å². The molecule has 0 fully saturated rings. The van der Waals surface area contributed by atoms with Crippen LogP contribution in [-0.4, -0.2) is 28.5 Å². The Labute approximate surface area is 162 Å². The van der Waals surface area contributed by atoms with E-state index in [0.717, 1.165) is 16.8 Å². The topological polar surface area (TPSA) is 73.4 Å². The smallest absolute Gasteiger partial charge is 0.352 e. The Morgan fingerprint density at radius 1 is 1.11 bits per heavy atom. The molecule has 0 saturated carbocycles. The molecule has 5 nitrogen and oxygen atoms in total. The minimum atomic E-state index is -1.10. The summed E-state index contributed by atoms with van der Waals surface area (Å²) in [7, 11) is 0. The van der Waals surface area contributed by atoms with Crippen molar-refractivity contribution in [2.24, 2.45) is 0 Å². The monoisotopic (exact) mass is 384 g/mol. The maximum absolute atomic E-state index is 13.0. The van der Waals surface area contributed by atoms with Gasteiger partial charge in [-0.15, -0.1) is 0 Å². The number of aromatic amines is 1. The Kier molecular flexibility index (Phi) is 5.24. The largest absolute Gasteiger partial charge is 0.477 e. The van der Waals surface area contributed by atoms with E-state index in [1.54, 1.807) is 23.1 Å². The fourth-order valence-electron chi connectivity index (χ4n) is 3.23. The molecule has 0 bridgehead atoms. The van der Waals surface area contributed by atoms with Crippen LogP contribution in [0, 0.1) is 13.8 Å². The van der Waals surface area contributed by atoms with Gasteiger partial charge < -0.3 is 15.0 Å². The summed E-state index contributed by atoms with van der Waals surface area (Å²) in [6, 6.07) is 11.0. The SMILES string of the molecule is CCN(C(=O)Cc1c(C(=O)O)[nH]c2ccc(Cl)cc12)c1ccc(C)c(C)c1.